The lowest BCUT2D eigenvalue weighted by atomic mass is 10.0. The first-order chi connectivity index (χ1) is 15.4. The summed E-state index contributed by atoms with van der Waals surface area (Å²) in [5, 5.41) is 13.5. The van der Waals surface area contributed by atoms with E-state index in [0.717, 1.165) is 52.9 Å². The molecule has 3 unspecified atom stereocenters. The molecule has 2 aliphatic rings. The number of nitrogens with zero attached hydrogens (tertiary/aromatic N) is 4. The number of aliphatic hydroxyl groups is 1. The molecule has 2 N–H and O–H groups in total. The van der Waals surface area contributed by atoms with Crippen molar-refractivity contribution in [3.63, 3.8) is 0 Å². The van der Waals surface area contributed by atoms with Gasteiger partial charge >= 0.3 is 0 Å². The molecule has 166 valence electrons. The zero-order valence-corrected chi connectivity index (χ0v) is 19.0. The van der Waals surface area contributed by atoms with Crippen LogP contribution in [0.5, 0.6) is 0 Å². The molecule has 6 heteroatoms. The van der Waals surface area contributed by atoms with Crippen molar-refractivity contribution >= 4 is 23.2 Å². The minimum absolute atomic E-state index is 0.156. The van der Waals surface area contributed by atoms with Crippen LogP contribution < -0.4 is 5.32 Å². The number of aromatic nitrogens is 2. The molecule has 1 aromatic heterocycles. The highest BCUT2D eigenvalue weighted by Crippen LogP contribution is 2.31. The van der Waals surface area contributed by atoms with Crippen LogP contribution in [0.2, 0.25) is 0 Å². The summed E-state index contributed by atoms with van der Waals surface area (Å²) in [4.78, 5) is 16.1. The summed E-state index contributed by atoms with van der Waals surface area (Å²) < 4.78 is 0. The molecule has 2 heterocycles. The highest BCUT2D eigenvalue weighted by Gasteiger charge is 2.25. The van der Waals surface area contributed by atoms with Crippen LogP contribution in [0.4, 0.5) is 5.82 Å². The molecule has 1 saturated carbocycles. The zero-order valence-electron chi connectivity index (χ0n) is 19.0. The normalized spacial score (nSPS) is 22.7. The van der Waals surface area contributed by atoms with Crippen molar-refractivity contribution < 1.29 is 5.11 Å². The van der Waals surface area contributed by atoms with E-state index in [2.05, 4.69) is 42.0 Å². The van der Waals surface area contributed by atoms with Crippen molar-refractivity contribution in [1.82, 2.24) is 14.9 Å². The fourth-order valence-electron chi connectivity index (χ4n) is 4.19. The summed E-state index contributed by atoms with van der Waals surface area (Å²) in [6, 6.07) is 8.55. The fraction of sp³-hybridized carbons (Fsp3) is 0.346. The van der Waals surface area contributed by atoms with E-state index in [-0.39, 0.29) is 18.2 Å². The van der Waals surface area contributed by atoms with Gasteiger partial charge in [0.25, 0.3) is 0 Å². The highest BCUT2D eigenvalue weighted by molar-refractivity contribution is 6.13. The van der Waals surface area contributed by atoms with Crippen LogP contribution in [0.15, 0.2) is 60.4 Å². The third-order valence-electron chi connectivity index (χ3n) is 5.79. The van der Waals surface area contributed by atoms with Crippen LogP contribution >= 0.6 is 0 Å². The number of hydrogen-bond acceptors (Lipinski definition) is 6. The van der Waals surface area contributed by atoms with Gasteiger partial charge in [-0.25, -0.2) is 9.97 Å². The SMILES string of the molecule is C=C/C(=C\N(C)C)c1cccc(-c2ncc(C3=CC(C)N=C3)c(NC3CCC(O)C3)n2)c1. The molecule has 0 spiro atoms. The average molecular weight is 430 g/mol. The Morgan fingerprint density at radius 2 is 2.12 bits per heavy atom. The standard InChI is InChI=1S/C26H31N5O/c1-5-18(16-31(3)4)19-7-6-8-20(12-19)25-28-15-24(21-11-17(2)27-14-21)26(30-25)29-22-9-10-23(32)13-22/h5-8,11-12,14-17,22-23,32H,1,9-10,13H2,2-4H3,(H,28,29,30)/b18-16+. The van der Waals surface area contributed by atoms with E-state index >= 15 is 0 Å². The van der Waals surface area contributed by atoms with Gasteiger partial charge in [-0.15, -0.1) is 0 Å². The summed E-state index contributed by atoms with van der Waals surface area (Å²) >= 11 is 0. The lowest BCUT2D eigenvalue weighted by Gasteiger charge is -2.17. The molecule has 3 atom stereocenters. The van der Waals surface area contributed by atoms with Crippen LogP contribution in [-0.4, -0.2) is 58.5 Å². The molecule has 0 saturated heterocycles. The molecule has 2 aromatic rings. The van der Waals surface area contributed by atoms with Crippen LogP contribution in [-0.2, 0) is 0 Å². The second-order valence-electron chi connectivity index (χ2n) is 8.74. The second kappa shape index (κ2) is 9.49. The predicted octanol–water partition coefficient (Wildman–Crippen LogP) is 4.41. The van der Waals surface area contributed by atoms with Crippen molar-refractivity contribution in [2.45, 2.75) is 44.4 Å². The Hall–Kier alpha value is -3.25. The van der Waals surface area contributed by atoms with E-state index in [0.29, 0.717) is 5.82 Å². The summed E-state index contributed by atoms with van der Waals surface area (Å²) in [6.45, 7) is 6.02. The Morgan fingerprint density at radius 3 is 2.78 bits per heavy atom. The molecule has 0 radical (unpaired) electrons. The number of rotatable bonds is 7. The van der Waals surface area contributed by atoms with E-state index in [4.69, 9.17) is 9.97 Å². The number of aliphatic imine (C=N–C) groups is 1. The van der Waals surface area contributed by atoms with E-state index in [1.165, 1.54) is 0 Å². The summed E-state index contributed by atoms with van der Waals surface area (Å²) in [5.74, 6) is 1.45. The molecule has 1 aliphatic carbocycles. The van der Waals surface area contributed by atoms with Crippen LogP contribution in [0, 0.1) is 0 Å². The number of benzene rings is 1. The van der Waals surface area contributed by atoms with Crippen molar-refractivity contribution in [2.75, 3.05) is 19.4 Å². The molecule has 1 fully saturated rings. The molecule has 32 heavy (non-hydrogen) atoms. The van der Waals surface area contributed by atoms with Gasteiger partial charge in [0.1, 0.15) is 5.82 Å². The van der Waals surface area contributed by atoms with Crippen molar-refractivity contribution in [2.24, 2.45) is 4.99 Å². The predicted molar refractivity (Wildman–Crippen MR) is 133 cm³/mol. The van der Waals surface area contributed by atoms with Gasteiger partial charge in [-0.1, -0.05) is 36.9 Å². The van der Waals surface area contributed by atoms with E-state index in [1.54, 1.807) is 0 Å². The number of anilines is 1. The molecular formula is C26H31N5O. The number of hydrogen-bond donors (Lipinski definition) is 2. The molecular weight excluding hydrogens is 398 g/mol. The summed E-state index contributed by atoms with van der Waals surface area (Å²) in [5.41, 5.74) is 5.01. The van der Waals surface area contributed by atoms with Gasteiger partial charge in [-0.05, 0) is 43.4 Å². The highest BCUT2D eigenvalue weighted by atomic mass is 16.3. The fourth-order valence-corrected chi connectivity index (χ4v) is 4.19. The molecule has 1 aromatic carbocycles. The topological polar surface area (TPSA) is 73.6 Å². The molecule has 1 aliphatic heterocycles. The molecule has 4 rings (SSSR count). The van der Waals surface area contributed by atoms with Gasteiger partial charge in [0.05, 0.1) is 12.1 Å². The minimum atomic E-state index is -0.248. The van der Waals surface area contributed by atoms with Crippen molar-refractivity contribution in [3.05, 3.63) is 66.5 Å². The first-order valence-electron chi connectivity index (χ1n) is 11.1. The molecule has 6 nitrogen and oxygen atoms in total. The first-order valence-corrected chi connectivity index (χ1v) is 11.1. The number of allylic oxidation sites excluding steroid dienone is 3. The minimum Gasteiger partial charge on any atom is -0.393 e. The maximum Gasteiger partial charge on any atom is 0.161 e. The zero-order chi connectivity index (χ0) is 22.7. The summed E-state index contributed by atoms with van der Waals surface area (Å²) in [7, 11) is 3.99. The van der Waals surface area contributed by atoms with Gasteiger partial charge in [0, 0.05) is 55.4 Å². The Labute approximate surface area is 190 Å². The van der Waals surface area contributed by atoms with Gasteiger partial charge in [0.15, 0.2) is 5.82 Å². The van der Waals surface area contributed by atoms with E-state index in [1.807, 2.05) is 55.8 Å². The van der Waals surface area contributed by atoms with Gasteiger partial charge < -0.3 is 15.3 Å². The van der Waals surface area contributed by atoms with E-state index in [9.17, 15) is 5.11 Å². The largest absolute Gasteiger partial charge is 0.393 e. The van der Waals surface area contributed by atoms with Crippen molar-refractivity contribution in [1.29, 1.82) is 0 Å². The quantitative estimate of drug-likeness (QED) is 0.638. The van der Waals surface area contributed by atoms with Crippen LogP contribution in [0.1, 0.15) is 37.3 Å². The van der Waals surface area contributed by atoms with Gasteiger partial charge in [0.2, 0.25) is 0 Å². The number of nitrogens with one attached hydrogen (secondary N) is 1. The Kier molecular flexibility index (Phi) is 6.51. The second-order valence-corrected chi connectivity index (χ2v) is 8.74. The van der Waals surface area contributed by atoms with E-state index < -0.39 is 0 Å². The molecule has 0 bridgehead atoms. The summed E-state index contributed by atoms with van der Waals surface area (Å²) in [6.07, 6.45) is 12.0. The third-order valence-corrected chi connectivity index (χ3v) is 5.79. The Bertz CT molecular complexity index is 1090. The van der Waals surface area contributed by atoms with Crippen molar-refractivity contribution in [3.8, 4) is 11.4 Å². The Morgan fingerprint density at radius 1 is 1.28 bits per heavy atom. The maximum absolute atomic E-state index is 9.97. The molecule has 0 amide bonds. The lowest BCUT2D eigenvalue weighted by Crippen LogP contribution is -2.19. The van der Waals surface area contributed by atoms with Gasteiger partial charge in [-0.3, -0.25) is 4.99 Å². The average Bonchev–Trinajstić information content (AvgIpc) is 3.39. The first kappa shape index (κ1) is 22.0. The maximum atomic E-state index is 9.97. The number of aliphatic hydroxyl groups excluding tert-OH is 1. The Balaban J connectivity index is 1.71. The smallest absolute Gasteiger partial charge is 0.161 e. The van der Waals surface area contributed by atoms with Crippen LogP contribution in [0.25, 0.3) is 22.5 Å². The monoisotopic (exact) mass is 429 g/mol. The van der Waals surface area contributed by atoms with Gasteiger partial charge in [-0.2, -0.15) is 0 Å². The van der Waals surface area contributed by atoms with Crippen LogP contribution in [0.3, 0.4) is 0 Å². The third kappa shape index (κ3) is 4.97. The lowest BCUT2D eigenvalue weighted by molar-refractivity contribution is 0.182.